The van der Waals surface area contributed by atoms with Crippen molar-refractivity contribution in [1.29, 1.82) is 5.26 Å². The fourth-order valence-electron chi connectivity index (χ4n) is 4.16. The second-order valence-corrected chi connectivity index (χ2v) is 6.37. The van der Waals surface area contributed by atoms with Crippen LogP contribution in [0.25, 0.3) is 0 Å². The molecule has 3 fully saturated rings. The molecule has 3 unspecified atom stereocenters. The van der Waals surface area contributed by atoms with Gasteiger partial charge in [-0.15, -0.1) is 0 Å². The first kappa shape index (κ1) is 15.0. The predicted octanol–water partition coefficient (Wildman–Crippen LogP) is 2.90. The van der Waals surface area contributed by atoms with Crippen molar-refractivity contribution in [2.75, 3.05) is 4.90 Å². The van der Waals surface area contributed by atoms with E-state index in [1.807, 2.05) is 0 Å². The Morgan fingerprint density at radius 1 is 1.21 bits per heavy atom. The number of alkyl halides is 3. The van der Waals surface area contributed by atoms with E-state index in [0.717, 1.165) is 30.2 Å². The van der Waals surface area contributed by atoms with Crippen LogP contribution in [0.15, 0.2) is 18.2 Å². The highest BCUT2D eigenvalue weighted by molar-refractivity contribution is 6.22. The third-order valence-corrected chi connectivity index (χ3v) is 5.16. The topological polar surface area (TPSA) is 64.4 Å². The van der Waals surface area contributed by atoms with Crippen molar-refractivity contribution >= 4 is 17.6 Å². The number of nitriles is 1. The lowest BCUT2D eigenvalue weighted by atomic mass is 9.99. The number of piperidine rings is 1. The summed E-state index contributed by atoms with van der Waals surface area (Å²) >= 11 is 0. The van der Waals surface area contributed by atoms with Gasteiger partial charge < -0.3 is 4.90 Å². The summed E-state index contributed by atoms with van der Waals surface area (Å²) in [4.78, 5) is 27.5. The number of rotatable bonds is 1. The number of imide groups is 1. The monoisotopic (exact) mass is 335 g/mol. The SMILES string of the molecule is N#Cc1ccc(N2C(=O)C3C4CCC(C4)N3C2=O)cc1C(F)(F)F. The van der Waals surface area contributed by atoms with Crippen molar-refractivity contribution in [3.63, 3.8) is 0 Å². The van der Waals surface area contributed by atoms with E-state index in [2.05, 4.69) is 0 Å². The van der Waals surface area contributed by atoms with Crippen LogP contribution in [0.1, 0.15) is 30.4 Å². The summed E-state index contributed by atoms with van der Waals surface area (Å²) < 4.78 is 39.3. The summed E-state index contributed by atoms with van der Waals surface area (Å²) in [6, 6.07) is 3.29. The van der Waals surface area contributed by atoms with Crippen molar-refractivity contribution in [1.82, 2.24) is 4.90 Å². The quantitative estimate of drug-likeness (QED) is 0.741. The van der Waals surface area contributed by atoms with Crippen LogP contribution < -0.4 is 4.90 Å². The molecular weight excluding hydrogens is 323 g/mol. The van der Waals surface area contributed by atoms with Gasteiger partial charge in [-0.2, -0.15) is 18.4 Å². The number of fused-ring (bicyclic) bond motifs is 5. The lowest BCUT2D eigenvalue weighted by molar-refractivity contribution is -0.137. The van der Waals surface area contributed by atoms with Crippen LogP contribution >= 0.6 is 0 Å². The summed E-state index contributed by atoms with van der Waals surface area (Å²) in [5.41, 5.74) is -1.81. The average Bonchev–Trinajstić information content (AvgIpc) is 3.20. The average molecular weight is 335 g/mol. The zero-order valence-corrected chi connectivity index (χ0v) is 12.4. The number of amides is 3. The van der Waals surface area contributed by atoms with Gasteiger partial charge in [0.15, 0.2) is 0 Å². The van der Waals surface area contributed by atoms with Gasteiger partial charge in [-0.3, -0.25) is 4.79 Å². The third-order valence-electron chi connectivity index (χ3n) is 5.16. The minimum atomic E-state index is -4.73. The lowest BCUT2D eigenvalue weighted by Gasteiger charge is -2.25. The molecule has 124 valence electrons. The summed E-state index contributed by atoms with van der Waals surface area (Å²) in [5.74, 6) is -0.373. The van der Waals surface area contributed by atoms with Gasteiger partial charge in [-0.25, -0.2) is 9.69 Å². The normalized spacial score (nSPS) is 28.5. The standard InChI is InChI=1S/C16H12F3N3O2/c17-16(18,19)12-6-11(4-2-9(12)7-20)22-14(23)13-8-1-3-10(5-8)21(13)15(22)24/h2,4,6,8,10,13H,1,3,5H2. The number of carbonyl (C=O) groups is 2. The van der Waals surface area contributed by atoms with Crippen LogP contribution in [0.3, 0.4) is 0 Å². The minimum absolute atomic E-state index is 0.00178. The summed E-state index contributed by atoms with van der Waals surface area (Å²) in [6.45, 7) is 0. The maximum atomic E-state index is 13.1. The van der Waals surface area contributed by atoms with Gasteiger partial charge in [0.2, 0.25) is 0 Å². The molecule has 0 radical (unpaired) electrons. The molecule has 8 heteroatoms. The number of nitrogens with zero attached hydrogens (tertiary/aromatic N) is 3. The van der Waals surface area contributed by atoms with Crippen LogP contribution in [0.2, 0.25) is 0 Å². The highest BCUT2D eigenvalue weighted by Gasteiger charge is 2.59. The lowest BCUT2D eigenvalue weighted by Crippen LogP contribution is -2.40. The van der Waals surface area contributed by atoms with Crippen LogP contribution in [0.5, 0.6) is 0 Å². The second-order valence-electron chi connectivity index (χ2n) is 6.37. The first-order valence-corrected chi connectivity index (χ1v) is 7.60. The molecule has 4 rings (SSSR count). The Morgan fingerprint density at radius 3 is 2.58 bits per heavy atom. The fraction of sp³-hybridized carbons (Fsp3) is 0.438. The zero-order chi connectivity index (χ0) is 17.2. The molecule has 0 spiro atoms. The van der Waals surface area contributed by atoms with E-state index >= 15 is 0 Å². The van der Waals surface area contributed by atoms with Crippen molar-refractivity contribution in [3.8, 4) is 6.07 Å². The van der Waals surface area contributed by atoms with Crippen molar-refractivity contribution in [2.45, 2.75) is 37.5 Å². The molecule has 1 aliphatic carbocycles. The van der Waals surface area contributed by atoms with Gasteiger partial charge in [0.1, 0.15) is 6.04 Å². The highest BCUT2D eigenvalue weighted by atomic mass is 19.4. The molecule has 5 nitrogen and oxygen atoms in total. The van der Waals surface area contributed by atoms with E-state index in [1.165, 1.54) is 17.0 Å². The number of anilines is 1. The molecule has 1 aromatic carbocycles. The molecule has 2 saturated heterocycles. The van der Waals surface area contributed by atoms with Crippen LogP contribution in [0, 0.1) is 17.2 Å². The van der Waals surface area contributed by atoms with Gasteiger partial charge in [-0.05, 0) is 43.4 Å². The van der Waals surface area contributed by atoms with Crippen molar-refractivity contribution in [3.05, 3.63) is 29.3 Å². The maximum Gasteiger partial charge on any atom is 0.417 e. The van der Waals surface area contributed by atoms with Gasteiger partial charge in [0.25, 0.3) is 5.91 Å². The Morgan fingerprint density at radius 2 is 1.96 bits per heavy atom. The van der Waals surface area contributed by atoms with E-state index in [1.54, 1.807) is 0 Å². The molecule has 0 N–H and O–H groups in total. The molecule has 2 aliphatic heterocycles. The Balaban J connectivity index is 1.76. The van der Waals surface area contributed by atoms with E-state index in [4.69, 9.17) is 5.26 Å². The predicted molar refractivity (Wildman–Crippen MR) is 75.8 cm³/mol. The molecule has 0 aromatic heterocycles. The number of hydrogen-bond acceptors (Lipinski definition) is 3. The smallest absolute Gasteiger partial charge is 0.309 e. The number of carbonyl (C=O) groups excluding carboxylic acids is 2. The van der Waals surface area contributed by atoms with Gasteiger partial charge in [-0.1, -0.05) is 0 Å². The number of hydrogen-bond donors (Lipinski definition) is 0. The molecule has 2 heterocycles. The Labute approximate surface area is 135 Å². The fourth-order valence-corrected chi connectivity index (χ4v) is 4.16. The maximum absolute atomic E-state index is 13.1. The van der Waals surface area contributed by atoms with Gasteiger partial charge >= 0.3 is 12.2 Å². The van der Waals surface area contributed by atoms with Crippen LogP contribution in [0.4, 0.5) is 23.7 Å². The first-order chi connectivity index (χ1) is 11.3. The summed E-state index contributed by atoms with van der Waals surface area (Å²) in [7, 11) is 0. The number of urea groups is 1. The van der Waals surface area contributed by atoms with Crippen LogP contribution in [-0.2, 0) is 11.0 Å². The van der Waals surface area contributed by atoms with E-state index in [9.17, 15) is 22.8 Å². The van der Waals surface area contributed by atoms with Gasteiger partial charge in [0.05, 0.1) is 22.9 Å². The molecule has 1 aromatic rings. The number of benzene rings is 1. The Hall–Kier alpha value is -2.56. The molecule has 3 amide bonds. The molecular formula is C16H12F3N3O2. The Bertz CT molecular complexity index is 771. The highest BCUT2D eigenvalue weighted by Crippen LogP contribution is 2.47. The van der Waals surface area contributed by atoms with Crippen molar-refractivity contribution in [2.24, 2.45) is 5.92 Å². The number of halogens is 3. The summed E-state index contributed by atoms with van der Waals surface area (Å²) in [5, 5.41) is 8.85. The van der Waals surface area contributed by atoms with Crippen LogP contribution in [-0.4, -0.2) is 28.9 Å². The van der Waals surface area contributed by atoms with E-state index in [0.29, 0.717) is 6.07 Å². The first-order valence-electron chi connectivity index (χ1n) is 7.60. The minimum Gasteiger partial charge on any atom is -0.309 e. The molecule has 2 bridgehead atoms. The molecule has 24 heavy (non-hydrogen) atoms. The van der Waals surface area contributed by atoms with Gasteiger partial charge in [0, 0.05) is 6.04 Å². The van der Waals surface area contributed by atoms with E-state index in [-0.39, 0.29) is 17.6 Å². The molecule has 3 atom stereocenters. The van der Waals surface area contributed by atoms with E-state index < -0.39 is 35.3 Å². The molecule has 1 saturated carbocycles. The van der Waals surface area contributed by atoms with Crippen molar-refractivity contribution < 1.29 is 22.8 Å². The third kappa shape index (κ3) is 1.87. The zero-order valence-electron chi connectivity index (χ0n) is 12.4. The second kappa shape index (κ2) is 4.72. The largest absolute Gasteiger partial charge is 0.417 e. The molecule has 3 aliphatic rings. The Kier molecular flexibility index (Phi) is 2.95. The summed E-state index contributed by atoms with van der Waals surface area (Å²) in [6.07, 6.45) is -2.26.